The molecule has 0 spiro atoms. The number of rotatable bonds is 5. The average molecular weight is 335 g/mol. The third-order valence-corrected chi connectivity index (χ3v) is 5.89. The van der Waals surface area contributed by atoms with Crippen molar-refractivity contribution in [1.82, 2.24) is 5.32 Å². The van der Waals surface area contributed by atoms with Gasteiger partial charge in [-0.1, -0.05) is 24.6 Å². The smallest absolute Gasteiger partial charge is 0.251 e. The zero-order valence-corrected chi connectivity index (χ0v) is 14.7. The van der Waals surface area contributed by atoms with Gasteiger partial charge in [-0.25, -0.2) is 0 Å². The molecule has 2 aliphatic carbocycles. The number of benzene rings is 2. The molecule has 4 rings (SSSR count). The fraction of sp³-hybridized carbons (Fsp3) is 0.409. The van der Waals surface area contributed by atoms with Gasteiger partial charge < -0.3 is 10.1 Å². The van der Waals surface area contributed by atoms with Crippen LogP contribution in [0.4, 0.5) is 0 Å². The molecule has 130 valence electrons. The lowest BCUT2D eigenvalue weighted by Crippen LogP contribution is -2.40. The van der Waals surface area contributed by atoms with E-state index in [1.165, 1.54) is 25.7 Å². The fourth-order valence-corrected chi connectivity index (χ4v) is 4.60. The molecule has 1 amide bonds. The molecule has 1 N–H and O–H groups in total. The van der Waals surface area contributed by atoms with Gasteiger partial charge in [0.15, 0.2) is 0 Å². The number of fused-ring (bicyclic) bond motifs is 2. The second kappa shape index (κ2) is 6.91. The Kier molecular flexibility index (Phi) is 4.48. The number of hydrogen-bond acceptors (Lipinski definition) is 2. The van der Waals surface area contributed by atoms with Crippen molar-refractivity contribution in [1.29, 1.82) is 0 Å². The van der Waals surface area contributed by atoms with E-state index in [0.717, 1.165) is 23.3 Å². The Bertz CT molecular complexity index is 725. The molecule has 2 aromatic carbocycles. The van der Waals surface area contributed by atoms with Crippen LogP contribution < -0.4 is 10.1 Å². The van der Waals surface area contributed by atoms with Crippen molar-refractivity contribution in [3.05, 3.63) is 60.2 Å². The van der Waals surface area contributed by atoms with Gasteiger partial charge in [0.05, 0.1) is 0 Å². The zero-order chi connectivity index (χ0) is 17.2. The van der Waals surface area contributed by atoms with Gasteiger partial charge in [0.25, 0.3) is 5.91 Å². The van der Waals surface area contributed by atoms with Gasteiger partial charge >= 0.3 is 0 Å². The Labute approximate surface area is 149 Å². The second-order valence-corrected chi connectivity index (χ2v) is 7.54. The molecule has 0 saturated heterocycles. The third-order valence-electron chi connectivity index (χ3n) is 5.89. The molecule has 0 unspecified atom stereocenters. The lowest BCUT2D eigenvalue weighted by Gasteiger charge is -2.28. The summed E-state index contributed by atoms with van der Waals surface area (Å²) in [5.41, 5.74) is 0.690. The molecule has 2 bridgehead atoms. The van der Waals surface area contributed by atoms with E-state index < -0.39 is 0 Å². The van der Waals surface area contributed by atoms with E-state index in [4.69, 9.17) is 4.74 Å². The predicted molar refractivity (Wildman–Crippen MR) is 98.8 cm³/mol. The Morgan fingerprint density at radius 3 is 2.36 bits per heavy atom. The minimum Gasteiger partial charge on any atom is -0.457 e. The van der Waals surface area contributed by atoms with E-state index in [0.29, 0.717) is 11.5 Å². The standard InChI is InChI=1S/C22H25NO2/c1-15(21-14-16-7-8-18(21)13-16)23-22(24)17-9-11-20(12-10-17)25-19-5-3-2-4-6-19/h2-6,9-12,15-16,18,21H,7-8,13-14H2,1H3,(H,23,24)/t15-,16+,18+,21+/m1/s1. The lowest BCUT2D eigenvalue weighted by molar-refractivity contribution is 0.0915. The third kappa shape index (κ3) is 3.55. The summed E-state index contributed by atoms with van der Waals surface area (Å²) in [6.07, 6.45) is 5.40. The molecule has 2 aromatic rings. The van der Waals surface area contributed by atoms with Gasteiger partial charge in [0.2, 0.25) is 0 Å². The number of ether oxygens (including phenoxy) is 1. The maximum Gasteiger partial charge on any atom is 0.251 e. The first-order valence-corrected chi connectivity index (χ1v) is 9.33. The fourth-order valence-electron chi connectivity index (χ4n) is 4.60. The zero-order valence-electron chi connectivity index (χ0n) is 14.7. The molecule has 0 aliphatic heterocycles. The summed E-state index contributed by atoms with van der Waals surface area (Å²) in [6.45, 7) is 2.16. The SMILES string of the molecule is C[C@@H](NC(=O)c1ccc(Oc2ccccc2)cc1)[C@@H]1C[C@H]2CC[C@H]1C2. The number of carbonyl (C=O) groups excluding carboxylic acids is 1. The van der Waals surface area contributed by atoms with Crippen LogP contribution in [0.1, 0.15) is 43.0 Å². The number of hydrogen-bond donors (Lipinski definition) is 1. The largest absolute Gasteiger partial charge is 0.457 e. The summed E-state index contributed by atoms with van der Waals surface area (Å²) in [7, 11) is 0. The van der Waals surface area contributed by atoms with Crippen molar-refractivity contribution in [2.75, 3.05) is 0 Å². The summed E-state index contributed by atoms with van der Waals surface area (Å²) in [4.78, 5) is 12.5. The van der Waals surface area contributed by atoms with Crippen molar-refractivity contribution in [2.24, 2.45) is 17.8 Å². The maximum atomic E-state index is 12.5. The van der Waals surface area contributed by atoms with E-state index >= 15 is 0 Å². The van der Waals surface area contributed by atoms with Crippen molar-refractivity contribution in [3.8, 4) is 11.5 Å². The van der Waals surface area contributed by atoms with Crippen LogP contribution in [-0.4, -0.2) is 11.9 Å². The van der Waals surface area contributed by atoms with Gasteiger partial charge in [-0.15, -0.1) is 0 Å². The summed E-state index contributed by atoms with van der Waals surface area (Å²) < 4.78 is 5.78. The first-order chi connectivity index (χ1) is 12.2. The number of amides is 1. The molecule has 2 aliphatic rings. The normalized spacial score (nSPS) is 25.6. The molecule has 0 aromatic heterocycles. The average Bonchev–Trinajstić information content (AvgIpc) is 3.26. The van der Waals surface area contributed by atoms with Crippen molar-refractivity contribution >= 4 is 5.91 Å². The van der Waals surface area contributed by atoms with Crippen molar-refractivity contribution in [3.63, 3.8) is 0 Å². The Balaban J connectivity index is 1.35. The van der Waals surface area contributed by atoms with Crippen molar-refractivity contribution in [2.45, 2.75) is 38.6 Å². The second-order valence-electron chi connectivity index (χ2n) is 7.54. The van der Waals surface area contributed by atoms with E-state index in [1.807, 2.05) is 54.6 Å². The molecule has 0 heterocycles. The quantitative estimate of drug-likeness (QED) is 0.832. The monoisotopic (exact) mass is 335 g/mol. The van der Waals surface area contributed by atoms with Gasteiger partial charge in [-0.2, -0.15) is 0 Å². The highest BCUT2D eigenvalue weighted by atomic mass is 16.5. The highest BCUT2D eigenvalue weighted by Crippen LogP contribution is 2.49. The molecular formula is C22H25NO2. The Morgan fingerprint density at radius 1 is 1.00 bits per heavy atom. The molecular weight excluding hydrogens is 310 g/mol. The highest BCUT2D eigenvalue weighted by molar-refractivity contribution is 5.94. The first kappa shape index (κ1) is 16.2. The molecule has 4 atom stereocenters. The van der Waals surface area contributed by atoms with Crippen LogP contribution in [-0.2, 0) is 0 Å². The minimum absolute atomic E-state index is 0.0153. The van der Waals surface area contributed by atoms with Crippen LogP contribution in [0.15, 0.2) is 54.6 Å². The van der Waals surface area contributed by atoms with E-state index in [-0.39, 0.29) is 11.9 Å². The topological polar surface area (TPSA) is 38.3 Å². The van der Waals surface area contributed by atoms with E-state index in [9.17, 15) is 4.79 Å². The van der Waals surface area contributed by atoms with Crippen LogP contribution in [0.3, 0.4) is 0 Å². The predicted octanol–water partition coefficient (Wildman–Crippen LogP) is 5.03. The van der Waals surface area contributed by atoms with Gasteiger partial charge in [-0.05, 0) is 80.3 Å². The molecule has 3 nitrogen and oxygen atoms in total. The summed E-state index contributed by atoms with van der Waals surface area (Å²) in [5.74, 6) is 3.93. The van der Waals surface area contributed by atoms with E-state index in [1.54, 1.807) is 0 Å². The minimum atomic E-state index is 0.0153. The van der Waals surface area contributed by atoms with E-state index in [2.05, 4.69) is 12.2 Å². The van der Waals surface area contributed by atoms with Crippen molar-refractivity contribution < 1.29 is 9.53 Å². The van der Waals surface area contributed by atoms with Crippen LogP contribution in [0.25, 0.3) is 0 Å². The van der Waals surface area contributed by atoms with Crippen LogP contribution in [0.2, 0.25) is 0 Å². The molecule has 3 heteroatoms. The first-order valence-electron chi connectivity index (χ1n) is 9.33. The van der Waals surface area contributed by atoms with Gasteiger partial charge in [-0.3, -0.25) is 4.79 Å². The Hall–Kier alpha value is -2.29. The summed E-state index contributed by atoms with van der Waals surface area (Å²) >= 11 is 0. The molecule has 2 fully saturated rings. The van der Waals surface area contributed by atoms with Gasteiger partial charge in [0.1, 0.15) is 11.5 Å². The number of para-hydroxylation sites is 1. The lowest BCUT2D eigenvalue weighted by atomic mass is 9.84. The Morgan fingerprint density at radius 2 is 1.72 bits per heavy atom. The summed E-state index contributed by atoms with van der Waals surface area (Å²) in [5, 5.41) is 3.21. The van der Waals surface area contributed by atoms with Crippen LogP contribution in [0.5, 0.6) is 11.5 Å². The van der Waals surface area contributed by atoms with Gasteiger partial charge in [0, 0.05) is 11.6 Å². The van der Waals surface area contributed by atoms with Crippen LogP contribution >= 0.6 is 0 Å². The highest BCUT2D eigenvalue weighted by Gasteiger charge is 2.42. The number of carbonyl (C=O) groups is 1. The summed E-state index contributed by atoms with van der Waals surface area (Å²) in [6, 6.07) is 17.3. The van der Waals surface area contributed by atoms with Crippen LogP contribution in [0, 0.1) is 17.8 Å². The molecule has 25 heavy (non-hydrogen) atoms. The molecule has 0 radical (unpaired) electrons. The molecule has 2 saturated carbocycles. The maximum absolute atomic E-state index is 12.5. The number of nitrogens with one attached hydrogen (secondary N) is 1.